The zero-order chi connectivity index (χ0) is 13.5. The van der Waals surface area contributed by atoms with Gasteiger partial charge in [-0.1, -0.05) is 19.1 Å². The van der Waals surface area contributed by atoms with Crippen LogP contribution in [0.15, 0.2) is 40.6 Å². The van der Waals surface area contributed by atoms with E-state index in [1.165, 1.54) is 0 Å². The molecule has 4 nitrogen and oxygen atoms in total. The number of allylic oxidation sites excluding steroid dienone is 2. The van der Waals surface area contributed by atoms with Crippen LogP contribution in [0.3, 0.4) is 0 Å². The minimum absolute atomic E-state index is 0.553. The predicted molar refractivity (Wildman–Crippen MR) is 78.2 cm³/mol. The van der Waals surface area contributed by atoms with E-state index in [1.54, 1.807) is 0 Å². The van der Waals surface area contributed by atoms with Crippen LogP contribution in [-0.2, 0) is 6.54 Å². The lowest BCUT2D eigenvalue weighted by molar-refractivity contribution is 1.04. The molecule has 0 aliphatic rings. The fourth-order valence-electron chi connectivity index (χ4n) is 1.45. The number of hydrazone groups is 1. The molecule has 0 spiro atoms. The number of hydrogen-bond acceptors (Lipinski definition) is 4. The average molecular weight is 246 g/mol. The van der Waals surface area contributed by atoms with Crippen LogP contribution in [0.2, 0.25) is 0 Å². The number of nitrogens with one attached hydrogen (secondary N) is 1. The molecule has 0 radical (unpaired) electrons. The van der Waals surface area contributed by atoms with Gasteiger partial charge in [-0.2, -0.15) is 5.10 Å². The van der Waals surface area contributed by atoms with Crippen LogP contribution in [0.1, 0.15) is 32.8 Å². The summed E-state index contributed by atoms with van der Waals surface area (Å²) in [4.78, 5) is 0. The van der Waals surface area contributed by atoms with Crippen LogP contribution in [0.25, 0.3) is 0 Å². The number of hydrogen-bond donors (Lipinski definition) is 3. The van der Waals surface area contributed by atoms with Gasteiger partial charge >= 0.3 is 0 Å². The maximum atomic E-state index is 5.88. The Morgan fingerprint density at radius 1 is 1.22 bits per heavy atom. The molecule has 1 rings (SSSR count). The maximum absolute atomic E-state index is 5.88. The molecule has 0 bridgehead atoms. The van der Waals surface area contributed by atoms with Gasteiger partial charge in [0.05, 0.1) is 11.4 Å². The van der Waals surface area contributed by atoms with Crippen molar-refractivity contribution in [1.82, 2.24) is 0 Å². The largest absolute Gasteiger partial charge is 0.402 e. The number of anilines is 1. The zero-order valence-corrected chi connectivity index (χ0v) is 11.3. The quantitative estimate of drug-likeness (QED) is 0.552. The van der Waals surface area contributed by atoms with E-state index in [0.29, 0.717) is 6.54 Å². The van der Waals surface area contributed by atoms with Crippen molar-refractivity contribution >= 4 is 11.4 Å². The Hall–Kier alpha value is -1.81. The monoisotopic (exact) mass is 246 g/mol. The summed E-state index contributed by atoms with van der Waals surface area (Å²) in [6.07, 6.45) is 0.837. The predicted octanol–water partition coefficient (Wildman–Crippen LogP) is 2.58. The number of rotatable bonds is 5. The summed E-state index contributed by atoms with van der Waals surface area (Å²) in [6, 6.07) is 7.88. The van der Waals surface area contributed by atoms with E-state index in [-0.39, 0.29) is 0 Å². The summed E-state index contributed by atoms with van der Waals surface area (Å²) in [7, 11) is 0. The Morgan fingerprint density at radius 3 is 2.33 bits per heavy atom. The Morgan fingerprint density at radius 2 is 1.83 bits per heavy atom. The van der Waals surface area contributed by atoms with Gasteiger partial charge in [0.15, 0.2) is 0 Å². The van der Waals surface area contributed by atoms with Gasteiger partial charge < -0.3 is 11.5 Å². The van der Waals surface area contributed by atoms with Gasteiger partial charge in [-0.3, -0.25) is 5.43 Å². The summed E-state index contributed by atoms with van der Waals surface area (Å²) in [5.41, 5.74) is 19.3. The molecule has 0 aromatic heterocycles. The van der Waals surface area contributed by atoms with E-state index in [0.717, 1.165) is 34.7 Å². The summed E-state index contributed by atoms with van der Waals surface area (Å²) in [6.45, 7) is 6.51. The third-order valence-corrected chi connectivity index (χ3v) is 2.95. The van der Waals surface area contributed by atoms with Crippen molar-refractivity contribution in [2.24, 2.45) is 16.6 Å². The maximum Gasteiger partial charge on any atom is 0.0622 e. The summed E-state index contributed by atoms with van der Waals surface area (Å²) >= 11 is 0. The number of benzene rings is 1. The molecule has 0 aliphatic carbocycles. The van der Waals surface area contributed by atoms with E-state index < -0.39 is 0 Å². The molecule has 0 saturated heterocycles. The van der Waals surface area contributed by atoms with E-state index in [9.17, 15) is 0 Å². The Kier molecular flexibility index (Phi) is 5.39. The van der Waals surface area contributed by atoms with Gasteiger partial charge in [-0.05, 0) is 43.5 Å². The molecule has 5 N–H and O–H groups in total. The van der Waals surface area contributed by atoms with Crippen molar-refractivity contribution in [3.63, 3.8) is 0 Å². The molecule has 1 aromatic rings. The van der Waals surface area contributed by atoms with Gasteiger partial charge in [-0.25, -0.2) is 0 Å². The lowest BCUT2D eigenvalue weighted by Crippen LogP contribution is -2.07. The molecule has 98 valence electrons. The van der Waals surface area contributed by atoms with Crippen molar-refractivity contribution in [3.05, 3.63) is 41.1 Å². The highest BCUT2D eigenvalue weighted by Crippen LogP contribution is 2.10. The lowest BCUT2D eigenvalue weighted by Gasteiger charge is -2.07. The Labute approximate surface area is 109 Å². The zero-order valence-electron chi connectivity index (χ0n) is 11.3. The molecular weight excluding hydrogens is 224 g/mol. The molecule has 0 unspecified atom stereocenters. The van der Waals surface area contributed by atoms with Gasteiger partial charge in [-0.15, -0.1) is 0 Å². The second kappa shape index (κ2) is 6.81. The van der Waals surface area contributed by atoms with Crippen LogP contribution in [0.4, 0.5) is 5.69 Å². The standard InChI is InChI=1S/C14H22N4/c1-4-14(16)10(2)11(3)17-18-13-7-5-12(9-15)6-8-13/h5-8,18H,4,9,15-16H2,1-3H3. The molecule has 0 fully saturated rings. The fourth-order valence-corrected chi connectivity index (χ4v) is 1.45. The number of nitrogens with zero attached hydrogens (tertiary/aromatic N) is 1. The Bertz CT molecular complexity index is 443. The third-order valence-electron chi connectivity index (χ3n) is 2.95. The molecule has 1 aromatic carbocycles. The van der Waals surface area contributed by atoms with Crippen LogP contribution in [0.5, 0.6) is 0 Å². The van der Waals surface area contributed by atoms with E-state index >= 15 is 0 Å². The van der Waals surface area contributed by atoms with Crippen molar-refractivity contribution < 1.29 is 0 Å². The van der Waals surface area contributed by atoms with Gasteiger partial charge in [0, 0.05) is 12.2 Å². The van der Waals surface area contributed by atoms with Crippen LogP contribution in [0, 0.1) is 0 Å². The SMILES string of the molecule is CCC(N)=C(C)C(C)=NNc1ccc(CN)cc1. The highest BCUT2D eigenvalue weighted by atomic mass is 15.3. The van der Waals surface area contributed by atoms with Crippen LogP contribution < -0.4 is 16.9 Å². The second-order valence-corrected chi connectivity index (χ2v) is 4.21. The van der Waals surface area contributed by atoms with Crippen molar-refractivity contribution in [2.45, 2.75) is 33.7 Å². The highest BCUT2D eigenvalue weighted by molar-refractivity contribution is 5.98. The van der Waals surface area contributed by atoms with Gasteiger partial charge in [0.2, 0.25) is 0 Å². The smallest absolute Gasteiger partial charge is 0.0622 e. The first kappa shape index (κ1) is 14.3. The Balaban J connectivity index is 2.73. The molecular formula is C14H22N4. The molecule has 18 heavy (non-hydrogen) atoms. The highest BCUT2D eigenvalue weighted by Gasteiger charge is 2.00. The first-order valence-electron chi connectivity index (χ1n) is 6.13. The first-order chi connectivity index (χ1) is 8.58. The van der Waals surface area contributed by atoms with E-state index in [4.69, 9.17) is 11.5 Å². The summed E-state index contributed by atoms with van der Waals surface area (Å²) in [5, 5.41) is 4.32. The van der Waals surface area contributed by atoms with Crippen LogP contribution in [-0.4, -0.2) is 5.71 Å². The minimum Gasteiger partial charge on any atom is -0.402 e. The van der Waals surface area contributed by atoms with Crippen molar-refractivity contribution in [3.8, 4) is 0 Å². The van der Waals surface area contributed by atoms with Gasteiger partial charge in [0.25, 0.3) is 0 Å². The minimum atomic E-state index is 0.553. The summed E-state index contributed by atoms with van der Waals surface area (Å²) < 4.78 is 0. The molecule has 0 saturated carbocycles. The van der Waals surface area contributed by atoms with Gasteiger partial charge in [0.1, 0.15) is 0 Å². The normalized spacial score (nSPS) is 13.2. The molecule has 0 heterocycles. The topological polar surface area (TPSA) is 76.4 Å². The van der Waals surface area contributed by atoms with Crippen LogP contribution >= 0.6 is 0 Å². The lowest BCUT2D eigenvalue weighted by atomic mass is 10.1. The molecule has 4 heteroatoms. The van der Waals surface area contributed by atoms with E-state index in [1.807, 2.05) is 45.0 Å². The third kappa shape index (κ3) is 3.89. The number of nitrogens with two attached hydrogens (primary N) is 2. The summed E-state index contributed by atoms with van der Waals surface area (Å²) in [5.74, 6) is 0. The van der Waals surface area contributed by atoms with Crippen molar-refractivity contribution in [2.75, 3.05) is 5.43 Å². The second-order valence-electron chi connectivity index (χ2n) is 4.21. The van der Waals surface area contributed by atoms with E-state index in [2.05, 4.69) is 10.5 Å². The fraction of sp³-hybridized carbons (Fsp3) is 0.357. The first-order valence-corrected chi connectivity index (χ1v) is 6.13. The molecule has 0 aliphatic heterocycles. The molecule has 0 atom stereocenters. The average Bonchev–Trinajstić information content (AvgIpc) is 2.43. The molecule has 0 amide bonds. The van der Waals surface area contributed by atoms with Crippen molar-refractivity contribution in [1.29, 1.82) is 0 Å².